The number of nitrogens with one attached hydrogen (secondary N) is 1. The lowest BCUT2D eigenvalue weighted by atomic mass is 10.3. The highest BCUT2D eigenvalue weighted by molar-refractivity contribution is 9.10. The van der Waals surface area contributed by atoms with E-state index in [0.717, 1.165) is 18.2 Å². The lowest BCUT2D eigenvalue weighted by molar-refractivity contribution is 0.569. The van der Waals surface area contributed by atoms with Crippen LogP contribution < -0.4 is 4.72 Å². The molecule has 1 aromatic heterocycles. The van der Waals surface area contributed by atoms with Crippen molar-refractivity contribution in [2.75, 3.05) is 4.72 Å². The number of hydrogen-bond donors (Lipinski definition) is 1. The number of aromatic nitrogens is 1. The fourth-order valence-electron chi connectivity index (χ4n) is 1.35. The van der Waals surface area contributed by atoms with Gasteiger partial charge < -0.3 is 0 Å². The van der Waals surface area contributed by atoms with Gasteiger partial charge >= 0.3 is 0 Å². The maximum Gasteiger partial charge on any atom is 0.265 e. The molecule has 0 aliphatic heterocycles. The van der Waals surface area contributed by atoms with Crippen LogP contribution in [-0.4, -0.2) is 13.4 Å². The van der Waals surface area contributed by atoms with Crippen molar-refractivity contribution >= 4 is 31.8 Å². The SMILES string of the molecule is O=S(=O)(Nc1cccc(F)n1)c1ccc(Br)cc1F. The molecule has 0 aliphatic rings. The van der Waals surface area contributed by atoms with Gasteiger partial charge in [-0.15, -0.1) is 0 Å². The van der Waals surface area contributed by atoms with Gasteiger partial charge in [0, 0.05) is 4.47 Å². The second-order valence-electron chi connectivity index (χ2n) is 3.53. The summed E-state index contributed by atoms with van der Waals surface area (Å²) in [5, 5.41) is 0. The number of pyridine rings is 1. The van der Waals surface area contributed by atoms with Crippen LogP contribution in [-0.2, 0) is 10.0 Å². The molecular formula is C11H7BrF2N2O2S. The fraction of sp³-hybridized carbons (Fsp3) is 0. The molecule has 0 bridgehead atoms. The van der Waals surface area contributed by atoms with E-state index < -0.39 is 26.7 Å². The predicted molar refractivity (Wildman–Crippen MR) is 69.1 cm³/mol. The lowest BCUT2D eigenvalue weighted by Gasteiger charge is -2.08. The fourth-order valence-corrected chi connectivity index (χ4v) is 2.75. The first-order chi connectivity index (χ1) is 8.88. The van der Waals surface area contributed by atoms with E-state index in [9.17, 15) is 17.2 Å². The third-order valence-electron chi connectivity index (χ3n) is 2.14. The highest BCUT2D eigenvalue weighted by Gasteiger charge is 2.19. The zero-order chi connectivity index (χ0) is 14.0. The number of rotatable bonds is 3. The van der Waals surface area contributed by atoms with Gasteiger partial charge in [0.1, 0.15) is 16.5 Å². The number of hydrogen-bond acceptors (Lipinski definition) is 3. The summed E-state index contributed by atoms with van der Waals surface area (Å²) in [6, 6.07) is 7.12. The summed E-state index contributed by atoms with van der Waals surface area (Å²) >= 11 is 3.02. The quantitative estimate of drug-likeness (QED) is 0.867. The van der Waals surface area contributed by atoms with E-state index in [2.05, 4.69) is 20.9 Å². The molecule has 0 saturated heterocycles. The molecule has 0 aliphatic carbocycles. The Balaban J connectivity index is 2.38. The zero-order valence-corrected chi connectivity index (χ0v) is 11.7. The molecule has 100 valence electrons. The summed E-state index contributed by atoms with van der Waals surface area (Å²) in [4.78, 5) is 2.80. The van der Waals surface area contributed by atoms with Gasteiger partial charge in [0.25, 0.3) is 10.0 Å². The van der Waals surface area contributed by atoms with Crippen molar-refractivity contribution in [3.8, 4) is 0 Å². The van der Waals surface area contributed by atoms with E-state index in [0.29, 0.717) is 4.47 Å². The van der Waals surface area contributed by atoms with Crippen molar-refractivity contribution in [1.82, 2.24) is 4.98 Å². The van der Waals surface area contributed by atoms with E-state index >= 15 is 0 Å². The molecule has 1 aromatic carbocycles. The van der Waals surface area contributed by atoms with Gasteiger partial charge in [-0.1, -0.05) is 22.0 Å². The minimum absolute atomic E-state index is 0.220. The van der Waals surface area contributed by atoms with Crippen LogP contribution >= 0.6 is 15.9 Å². The molecule has 1 N–H and O–H groups in total. The first-order valence-electron chi connectivity index (χ1n) is 4.99. The Labute approximate surface area is 116 Å². The zero-order valence-electron chi connectivity index (χ0n) is 9.27. The molecule has 0 saturated carbocycles. The molecule has 0 spiro atoms. The van der Waals surface area contributed by atoms with Gasteiger partial charge in [-0.05, 0) is 30.3 Å². The Morgan fingerprint density at radius 2 is 1.89 bits per heavy atom. The maximum atomic E-state index is 13.6. The molecule has 4 nitrogen and oxygen atoms in total. The molecule has 8 heteroatoms. The maximum absolute atomic E-state index is 13.6. The summed E-state index contributed by atoms with van der Waals surface area (Å²) in [6.07, 6.45) is 0. The second kappa shape index (κ2) is 5.22. The minimum Gasteiger partial charge on any atom is -0.263 e. The van der Waals surface area contributed by atoms with Gasteiger partial charge in [-0.25, -0.2) is 17.8 Å². The monoisotopic (exact) mass is 348 g/mol. The Morgan fingerprint density at radius 3 is 2.53 bits per heavy atom. The van der Waals surface area contributed by atoms with E-state index in [1.165, 1.54) is 18.2 Å². The summed E-state index contributed by atoms with van der Waals surface area (Å²) in [5.74, 6) is -1.97. The topological polar surface area (TPSA) is 59.1 Å². The van der Waals surface area contributed by atoms with E-state index in [-0.39, 0.29) is 5.82 Å². The Hall–Kier alpha value is -1.54. The predicted octanol–water partition coefficient (Wildman–Crippen LogP) is 2.92. The molecule has 2 aromatic rings. The van der Waals surface area contributed by atoms with Crippen LogP contribution in [0.3, 0.4) is 0 Å². The van der Waals surface area contributed by atoms with Gasteiger partial charge in [-0.2, -0.15) is 4.39 Å². The van der Waals surface area contributed by atoms with Crippen molar-refractivity contribution in [1.29, 1.82) is 0 Å². The molecule has 0 amide bonds. The third-order valence-corrected chi connectivity index (χ3v) is 4.02. The van der Waals surface area contributed by atoms with Gasteiger partial charge in [-0.3, -0.25) is 4.72 Å². The third kappa shape index (κ3) is 3.27. The number of benzene rings is 1. The Morgan fingerprint density at radius 1 is 1.16 bits per heavy atom. The minimum atomic E-state index is -4.15. The summed E-state index contributed by atoms with van der Waals surface area (Å²) in [7, 11) is -4.15. The molecular weight excluding hydrogens is 342 g/mol. The highest BCUT2D eigenvalue weighted by Crippen LogP contribution is 2.21. The molecule has 1 heterocycles. The lowest BCUT2D eigenvalue weighted by Crippen LogP contribution is -2.15. The van der Waals surface area contributed by atoms with Crippen molar-refractivity contribution in [2.24, 2.45) is 0 Å². The number of nitrogens with zero attached hydrogens (tertiary/aromatic N) is 1. The number of sulfonamides is 1. The molecule has 0 radical (unpaired) electrons. The van der Waals surface area contributed by atoms with E-state index in [1.807, 2.05) is 4.72 Å². The second-order valence-corrected chi connectivity index (χ2v) is 6.09. The van der Waals surface area contributed by atoms with Crippen LogP contribution in [0.1, 0.15) is 0 Å². The first kappa shape index (κ1) is 13.9. The smallest absolute Gasteiger partial charge is 0.263 e. The summed E-state index contributed by atoms with van der Waals surface area (Å²) in [5.41, 5.74) is 0. The van der Waals surface area contributed by atoms with Crippen LogP contribution in [0.5, 0.6) is 0 Å². The van der Waals surface area contributed by atoms with Crippen LogP contribution in [0.25, 0.3) is 0 Å². The largest absolute Gasteiger partial charge is 0.265 e. The van der Waals surface area contributed by atoms with Crippen LogP contribution in [0.2, 0.25) is 0 Å². The summed E-state index contributed by atoms with van der Waals surface area (Å²) in [6.45, 7) is 0. The van der Waals surface area contributed by atoms with Gasteiger partial charge in [0.05, 0.1) is 0 Å². The van der Waals surface area contributed by atoms with Gasteiger partial charge in [0.2, 0.25) is 5.95 Å². The highest BCUT2D eigenvalue weighted by atomic mass is 79.9. The van der Waals surface area contributed by atoms with E-state index in [1.54, 1.807) is 0 Å². The van der Waals surface area contributed by atoms with Crippen molar-refractivity contribution in [3.63, 3.8) is 0 Å². The van der Waals surface area contributed by atoms with Crippen LogP contribution in [0.4, 0.5) is 14.6 Å². The van der Waals surface area contributed by atoms with Crippen LogP contribution in [0, 0.1) is 11.8 Å². The molecule has 19 heavy (non-hydrogen) atoms. The first-order valence-corrected chi connectivity index (χ1v) is 7.26. The van der Waals surface area contributed by atoms with Crippen molar-refractivity contribution in [3.05, 3.63) is 52.6 Å². The van der Waals surface area contributed by atoms with Crippen LogP contribution in [0.15, 0.2) is 45.8 Å². The average Bonchev–Trinajstić information content (AvgIpc) is 2.27. The molecule has 0 unspecified atom stereocenters. The normalized spacial score (nSPS) is 11.3. The summed E-state index contributed by atoms with van der Waals surface area (Å²) < 4.78 is 52.7. The molecule has 0 atom stereocenters. The number of halogens is 3. The standard InChI is InChI=1S/C11H7BrF2N2O2S/c12-7-4-5-9(8(13)6-7)19(17,18)16-11-3-1-2-10(14)15-11/h1-6H,(H,15,16). The Bertz CT molecular complexity index is 722. The van der Waals surface area contributed by atoms with Crippen molar-refractivity contribution in [2.45, 2.75) is 4.90 Å². The Kier molecular flexibility index (Phi) is 3.81. The number of anilines is 1. The van der Waals surface area contributed by atoms with Gasteiger partial charge in [0.15, 0.2) is 0 Å². The average molecular weight is 349 g/mol. The van der Waals surface area contributed by atoms with E-state index in [4.69, 9.17) is 0 Å². The molecule has 2 rings (SSSR count). The van der Waals surface area contributed by atoms with Crippen molar-refractivity contribution < 1.29 is 17.2 Å². The molecule has 0 fully saturated rings.